The third-order valence-corrected chi connectivity index (χ3v) is 5.33. The lowest BCUT2D eigenvalue weighted by Crippen LogP contribution is -2.50. The summed E-state index contributed by atoms with van der Waals surface area (Å²) in [6, 6.07) is 1.92. The zero-order valence-corrected chi connectivity index (χ0v) is 16.5. The Balaban J connectivity index is 1.97. The van der Waals surface area contributed by atoms with Gasteiger partial charge in [-0.3, -0.25) is 14.4 Å². The average molecular weight is 371 g/mol. The second-order valence-electron chi connectivity index (χ2n) is 7.20. The number of aromatic nitrogens is 2. The van der Waals surface area contributed by atoms with Crippen molar-refractivity contribution in [2.75, 3.05) is 44.7 Å². The van der Waals surface area contributed by atoms with Gasteiger partial charge in [-0.05, 0) is 25.3 Å². The summed E-state index contributed by atoms with van der Waals surface area (Å²) < 4.78 is 24.3. The Morgan fingerprint density at radius 3 is 2.40 bits per heavy atom. The minimum Gasteiger partial charge on any atom is -0.335 e. The van der Waals surface area contributed by atoms with Crippen molar-refractivity contribution in [1.82, 2.24) is 19.6 Å². The highest BCUT2D eigenvalue weighted by molar-refractivity contribution is 7.90. The Kier molecular flexibility index (Phi) is 6.62. The Morgan fingerprint density at radius 2 is 1.88 bits per heavy atom. The van der Waals surface area contributed by atoms with Crippen LogP contribution in [0, 0.1) is 5.92 Å². The van der Waals surface area contributed by atoms with Gasteiger partial charge in [0.2, 0.25) is 0 Å². The molecule has 0 aromatic carbocycles. The van der Waals surface area contributed by atoms with Crippen molar-refractivity contribution in [3.63, 3.8) is 0 Å². The minimum atomic E-state index is -2.95. The van der Waals surface area contributed by atoms with Crippen LogP contribution in [0.15, 0.2) is 6.07 Å². The predicted molar refractivity (Wildman–Crippen MR) is 98.5 cm³/mol. The molecule has 0 unspecified atom stereocenters. The summed E-state index contributed by atoms with van der Waals surface area (Å²) in [5, 5.41) is 4.55. The SMILES string of the molecule is CCn1nc(CC(C)C)cc1C(=O)N1CCN(CCS(C)(=O)=O)CC1. The highest BCUT2D eigenvalue weighted by atomic mass is 32.2. The monoisotopic (exact) mass is 370 g/mol. The molecule has 1 amide bonds. The standard InChI is InChI=1S/C17H30N4O3S/c1-5-21-16(13-15(18-21)12-14(2)3)17(22)20-8-6-19(7-9-20)10-11-25(4,23)24/h13-14H,5-12H2,1-4H3. The third-order valence-electron chi connectivity index (χ3n) is 4.40. The molecule has 1 aromatic heterocycles. The van der Waals surface area contributed by atoms with Crippen LogP contribution < -0.4 is 0 Å². The first kappa shape index (κ1) is 19.9. The van der Waals surface area contributed by atoms with E-state index in [1.165, 1.54) is 6.26 Å². The molecule has 0 saturated carbocycles. The van der Waals surface area contributed by atoms with Crippen LogP contribution in [-0.4, -0.2) is 78.6 Å². The van der Waals surface area contributed by atoms with Gasteiger partial charge in [-0.1, -0.05) is 13.8 Å². The Hall–Kier alpha value is -1.41. The fourth-order valence-corrected chi connectivity index (χ4v) is 3.62. The number of rotatable bonds is 7. The van der Waals surface area contributed by atoms with Gasteiger partial charge in [-0.15, -0.1) is 0 Å². The zero-order chi connectivity index (χ0) is 18.6. The number of aryl methyl sites for hydroxylation is 1. The first-order valence-electron chi connectivity index (χ1n) is 8.95. The van der Waals surface area contributed by atoms with E-state index in [0.29, 0.717) is 50.9 Å². The van der Waals surface area contributed by atoms with Crippen LogP contribution >= 0.6 is 0 Å². The van der Waals surface area contributed by atoms with Gasteiger partial charge in [0, 0.05) is 45.5 Å². The van der Waals surface area contributed by atoms with Crippen molar-refractivity contribution >= 4 is 15.7 Å². The molecule has 1 aromatic rings. The number of sulfone groups is 1. The topological polar surface area (TPSA) is 75.5 Å². The van der Waals surface area contributed by atoms with E-state index in [-0.39, 0.29) is 11.7 Å². The first-order valence-corrected chi connectivity index (χ1v) is 11.0. The molecule has 142 valence electrons. The third kappa shape index (κ3) is 5.81. The second kappa shape index (κ2) is 8.31. The van der Waals surface area contributed by atoms with E-state index in [1.807, 2.05) is 17.9 Å². The van der Waals surface area contributed by atoms with Gasteiger partial charge >= 0.3 is 0 Å². The quantitative estimate of drug-likeness (QED) is 0.713. The van der Waals surface area contributed by atoms with Gasteiger partial charge in [0.25, 0.3) is 5.91 Å². The summed E-state index contributed by atoms with van der Waals surface area (Å²) in [5.74, 6) is 0.691. The molecule has 7 nitrogen and oxygen atoms in total. The normalized spacial score (nSPS) is 16.6. The number of hydrogen-bond acceptors (Lipinski definition) is 5. The minimum absolute atomic E-state index is 0.0205. The summed E-state index contributed by atoms with van der Waals surface area (Å²) in [4.78, 5) is 16.8. The molecule has 0 aliphatic carbocycles. The number of carbonyl (C=O) groups excluding carboxylic acids is 1. The average Bonchev–Trinajstić information content (AvgIpc) is 2.94. The molecule has 0 radical (unpaired) electrons. The van der Waals surface area contributed by atoms with Crippen LogP contribution in [0.4, 0.5) is 0 Å². The van der Waals surface area contributed by atoms with Gasteiger partial charge in [0.15, 0.2) is 0 Å². The maximum absolute atomic E-state index is 12.9. The molecule has 2 rings (SSSR count). The molecular formula is C17H30N4O3S. The molecule has 1 aliphatic heterocycles. The van der Waals surface area contributed by atoms with Crippen LogP contribution in [-0.2, 0) is 22.8 Å². The van der Waals surface area contributed by atoms with E-state index < -0.39 is 9.84 Å². The summed E-state index contributed by atoms with van der Waals surface area (Å²) >= 11 is 0. The lowest BCUT2D eigenvalue weighted by atomic mass is 10.1. The Morgan fingerprint density at radius 1 is 1.24 bits per heavy atom. The summed E-state index contributed by atoms with van der Waals surface area (Å²) in [7, 11) is -2.95. The fourth-order valence-electron chi connectivity index (χ4n) is 3.03. The van der Waals surface area contributed by atoms with Crippen molar-refractivity contribution in [1.29, 1.82) is 0 Å². The molecule has 0 spiro atoms. The van der Waals surface area contributed by atoms with Crippen molar-refractivity contribution in [2.24, 2.45) is 5.92 Å². The van der Waals surface area contributed by atoms with E-state index in [0.717, 1.165) is 12.1 Å². The van der Waals surface area contributed by atoms with Crippen LogP contribution in [0.25, 0.3) is 0 Å². The maximum Gasteiger partial charge on any atom is 0.272 e. The molecule has 1 saturated heterocycles. The molecular weight excluding hydrogens is 340 g/mol. The summed E-state index contributed by atoms with van der Waals surface area (Å²) in [6.07, 6.45) is 2.12. The molecule has 1 aliphatic rings. The number of piperazine rings is 1. The van der Waals surface area contributed by atoms with Gasteiger partial charge in [-0.2, -0.15) is 5.10 Å². The van der Waals surface area contributed by atoms with E-state index in [2.05, 4.69) is 23.8 Å². The lowest BCUT2D eigenvalue weighted by molar-refractivity contribution is 0.0632. The van der Waals surface area contributed by atoms with E-state index in [1.54, 1.807) is 4.68 Å². The van der Waals surface area contributed by atoms with Crippen molar-refractivity contribution < 1.29 is 13.2 Å². The lowest BCUT2D eigenvalue weighted by Gasteiger charge is -2.34. The highest BCUT2D eigenvalue weighted by Crippen LogP contribution is 2.14. The smallest absolute Gasteiger partial charge is 0.272 e. The second-order valence-corrected chi connectivity index (χ2v) is 9.46. The number of amides is 1. The van der Waals surface area contributed by atoms with Gasteiger partial charge in [-0.25, -0.2) is 8.42 Å². The molecule has 0 atom stereocenters. The van der Waals surface area contributed by atoms with Crippen molar-refractivity contribution in [3.05, 3.63) is 17.5 Å². The predicted octanol–water partition coefficient (Wildman–Crippen LogP) is 0.904. The molecule has 25 heavy (non-hydrogen) atoms. The molecule has 1 fully saturated rings. The number of hydrogen-bond donors (Lipinski definition) is 0. The first-order chi connectivity index (χ1) is 11.7. The van der Waals surface area contributed by atoms with Crippen LogP contribution in [0.1, 0.15) is 37.0 Å². The summed E-state index contributed by atoms with van der Waals surface area (Å²) in [5.41, 5.74) is 1.62. The van der Waals surface area contributed by atoms with E-state index in [4.69, 9.17) is 0 Å². The van der Waals surface area contributed by atoms with Crippen LogP contribution in [0.5, 0.6) is 0 Å². The van der Waals surface area contributed by atoms with Crippen LogP contribution in [0.2, 0.25) is 0 Å². The molecule has 0 bridgehead atoms. The van der Waals surface area contributed by atoms with Crippen molar-refractivity contribution in [3.8, 4) is 0 Å². The molecule has 8 heteroatoms. The Labute approximate surface area is 150 Å². The van der Waals surface area contributed by atoms with Gasteiger partial charge in [0.05, 0.1) is 11.4 Å². The van der Waals surface area contributed by atoms with Gasteiger partial charge < -0.3 is 4.90 Å². The number of nitrogens with zero attached hydrogens (tertiary/aromatic N) is 4. The summed E-state index contributed by atoms with van der Waals surface area (Å²) in [6.45, 7) is 10.1. The maximum atomic E-state index is 12.9. The highest BCUT2D eigenvalue weighted by Gasteiger charge is 2.25. The molecule has 2 heterocycles. The van der Waals surface area contributed by atoms with Crippen LogP contribution in [0.3, 0.4) is 0 Å². The Bertz CT molecular complexity index is 689. The van der Waals surface area contributed by atoms with E-state index >= 15 is 0 Å². The largest absolute Gasteiger partial charge is 0.335 e. The van der Waals surface area contributed by atoms with E-state index in [9.17, 15) is 13.2 Å². The zero-order valence-electron chi connectivity index (χ0n) is 15.7. The van der Waals surface area contributed by atoms with Gasteiger partial charge in [0.1, 0.15) is 15.5 Å². The molecule has 0 N–H and O–H groups in total. The van der Waals surface area contributed by atoms with Crippen molar-refractivity contribution in [2.45, 2.75) is 33.7 Å². The fraction of sp³-hybridized carbons (Fsp3) is 0.765. The number of carbonyl (C=O) groups is 1.